The molecule has 1 heterocycles. The van der Waals surface area contributed by atoms with Crippen molar-refractivity contribution >= 4 is 29.8 Å². The molecule has 1 unspecified atom stereocenters. The lowest BCUT2D eigenvalue weighted by atomic mass is 9.98. The molecule has 0 aliphatic carbocycles. The lowest BCUT2D eigenvalue weighted by Gasteiger charge is -2.26. The van der Waals surface area contributed by atoms with E-state index in [0.29, 0.717) is 25.7 Å². The second kappa shape index (κ2) is 13.1. The molecule has 0 saturated carbocycles. The zero-order valence-corrected chi connectivity index (χ0v) is 19.9. The Balaban J connectivity index is 2.41. The zero-order chi connectivity index (χ0) is 26.2. The largest absolute Gasteiger partial charge is 0.548 e. The first-order valence-corrected chi connectivity index (χ1v) is 11.2. The number of carboxylic acids is 1. The summed E-state index contributed by atoms with van der Waals surface area (Å²) in [6.45, 7) is 4.87. The lowest BCUT2D eigenvalue weighted by molar-refractivity contribution is -0.423. The summed E-state index contributed by atoms with van der Waals surface area (Å²) in [5.74, 6) is -3.04. The fraction of sp³-hybridized carbons (Fsp3) is 0.750. The van der Waals surface area contributed by atoms with E-state index in [-0.39, 0.29) is 18.5 Å². The zero-order valence-electron chi connectivity index (χ0n) is 19.9. The van der Waals surface area contributed by atoms with E-state index in [2.05, 4.69) is 21.4 Å². The average Bonchev–Trinajstić information content (AvgIpc) is 3.10. The highest BCUT2D eigenvalue weighted by Crippen LogP contribution is 2.15. The molecular formula is C20H38N8O6. The van der Waals surface area contributed by atoms with Crippen molar-refractivity contribution in [2.75, 3.05) is 6.54 Å². The van der Waals surface area contributed by atoms with Gasteiger partial charge in [0.2, 0.25) is 11.8 Å². The van der Waals surface area contributed by atoms with E-state index in [9.17, 15) is 29.4 Å². The normalized spacial score (nSPS) is 20.1. The van der Waals surface area contributed by atoms with Crippen LogP contribution in [0.3, 0.4) is 0 Å². The number of aliphatic hydroxyl groups excluding tert-OH is 1. The van der Waals surface area contributed by atoms with E-state index in [1.54, 1.807) is 13.8 Å². The fourth-order valence-corrected chi connectivity index (χ4v) is 3.52. The number of amides is 4. The van der Waals surface area contributed by atoms with E-state index < -0.39 is 60.0 Å². The summed E-state index contributed by atoms with van der Waals surface area (Å²) in [7, 11) is 0. The van der Waals surface area contributed by atoms with E-state index in [1.165, 1.54) is 6.92 Å². The third-order valence-electron chi connectivity index (χ3n) is 5.69. The van der Waals surface area contributed by atoms with Gasteiger partial charge in [0, 0.05) is 6.42 Å². The lowest BCUT2D eigenvalue weighted by Crippen LogP contribution is -2.72. The van der Waals surface area contributed by atoms with Crippen molar-refractivity contribution in [3.05, 3.63) is 0 Å². The van der Waals surface area contributed by atoms with Gasteiger partial charge in [-0.25, -0.2) is 9.79 Å². The minimum absolute atomic E-state index is 0.0294. The number of quaternary nitrogens is 1. The molecule has 14 heteroatoms. The summed E-state index contributed by atoms with van der Waals surface area (Å²) in [6.07, 6.45) is 0.971. The van der Waals surface area contributed by atoms with Crippen molar-refractivity contribution in [3.8, 4) is 0 Å². The van der Waals surface area contributed by atoms with Crippen LogP contribution in [-0.2, 0) is 14.4 Å². The molecule has 6 atom stereocenters. The highest BCUT2D eigenvalue weighted by Gasteiger charge is 2.30. The highest BCUT2D eigenvalue weighted by molar-refractivity contribution is 5.96. The number of rotatable bonds is 13. The molecule has 0 saturated heterocycles. The number of carbonyl (C=O) groups is 4. The Labute approximate surface area is 198 Å². The number of nitrogens with one attached hydrogen (secondary N) is 2. The van der Waals surface area contributed by atoms with Gasteiger partial charge in [0.15, 0.2) is 5.96 Å². The van der Waals surface area contributed by atoms with Crippen molar-refractivity contribution in [2.24, 2.45) is 28.1 Å². The Morgan fingerprint density at radius 2 is 1.82 bits per heavy atom. The number of aliphatic carboxylic acids is 1. The number of primary amides is 1. The predicted molar refractivity (Wildman–Crippen MR) is 120 cm³/mol. The maximum atomic E-state index is 12.4. The van der Waals surface area contributed by atoms with Gasteiger partial charge in [0.1, 0.15) is 18.1 Å². The number of urea groups is 1. The summed E-state index contributed by atoms with van der Waals surface area (Å²) in [4.78, 5) is 52.2. The minimum Gasteiger partial charge on any atom is -0.548 e. The van der Waals surface area contributed by atoms with Crippen LogP contribution in [0.1, 0.15) is 46.5 Å². The first kappa shape index (κ1) is 29.1. The average molecular weight is 487 g/mol. The number of nitrogens with two attached hydrogens (primary N) is 3. The molecular weight excluding hydrogens is 448 g/mol. The first-order valence-electron chi connectivity index (χ1n) is 11.2. The summed E-state index contributed by atoms with van der Waals surface area (Å²) in [5, 5.41) is 26.2. The number of hydrogen-bond acceptors (Lipinski definition) is 9. The van der Waals surface area contributed by atoms with Crippen LogP contribution in [-0.4, -0.2) is 82.6 Å². The van der Waals surface area contributed by atoms with Crippen LogP contribution in [0.15, 0.2) is 4.99 Å². The van der Waals surface area contributed by atoms with Crippen molar-refractivity contribution in [1.29, 1.82) is 0 Å². The van der Waals surface area contributed by atoms with Gasteiger partial charge in [-0.3, -0.25) is 14.5 Å². The van der Waals surface area contributed by atoms with Gasteiger partial charge in [-0.15, -0.1) is 0 Å². The third-order valence-corrected chi connectivity index (χ3v) is 5.69. The number of hydrogen-bond donors (Lipinski definition) is 7. The maximum absolute atomic E-state index is 12.4. The maximum Gasteiger partial charge on any atom is 0.321 e. The van der Waals surface area contributed by atoms with Gasteiger partial charge in [-0.2, -0.15) is 0 Å². The topological polar surface area (TPSA) is 257 Å². The molecule has 0 aromatic heterocycles. The number of aliphatic hydroxyl groups is 1. The number of carbonyl (C=O) groups excluding carboxylic acids is 4. The van der Waals surface area contributed by atoms with E-state index in [0.717, 1.165) is 4.90 Å². The van der Waals surface area contributed by atoms with E-state index in [1.807, 2.05) is 0 Å². The highest BCUT2D eigenvalue weighted by atomic mass is 16.4. The van der Waals surface area contributed by atoms with Crippen LogP contribution in [0, 0.1) is 5.92 Å². The summed E-state index contributed by atoms with van der Waals surface area (Å²) < 4.78 is 0. The SMILES string of the molecule is CC(C)[C@H](NC(=O)[C@H](C)NC(=O)[C@@H](N)[C@@H]([NH3+])CCC[C@@H](O)CC1CN(C(N)=O)C(N)=N1)C(=O)[O-]. The van der Waals surface area contributed by atoms with Crippen LogP contribution < -0.4 is 38.7 Å². The quantitative estimate of drug-likeness (QED) is 0.133. The van der Waals surface area contributed by atoms with Crippen LogP contribution in [0.5, 0.6) is 0 Å². The first-order chi connectivity index (χ1) is 15.7. The van der Waals surface area contributed by atoms with Crippen LogP contribution >= 0.6 is 0 Å². The van der Waals surface area contributed by atoms with E-state index in [4.69, 9.17) is 17.2 Å². The molecule has 1 rings (SSSR count). The molecule has 14 nitrogen and oxygen atoms in total. The van der Waals surface area contributed by atoms with Crippen molar-refractivity contribution in [1.82, 2.24) is 15.5 Å². The minimum atomic E-state index is -1.41. The number of guanidine groups is 1. The van der Waals surface area contributed by atoms with Gasteiger partial charge < -0.3 is 48.6 Å². The standard InChI is InChI=1S/C20H38N8O6/c1-9(2)15(18(32)33)27-16(30)10(3)25-17(31)14(22)13(21)6-4-5-12(29)7-11-8-28(20(24)34)19(23)26-11/h9-15,29H,4-8,21-22H2,1-3H3,(H2,23,26)(H2,24,34)(H,25,31)(H,27,30)(H,32,33)/t10-,11?,12+,13-,14-,15-/m0/s1. The Kier molecular flexibility index (Phi) is 11.2. The molecule has 194 valence electrons. The summed E-state index contributed by atoms with van der Waals surface area (Å²) in [5.41, 5.74) is 20.7. The van der Waals surface area contributed by atoms with Crippen LogP contribution in [0.2, 0.25) is 0 Å². The summed E-state index contributed by atoms with van der Waals surface area (Å²) in [6, 6.07) is -4.72. The van der Waals surface area contributed by atoms with Gasteiger partial charge in [-0.05, 0) is 32.1 Å². The van der Waals surface area contributed by atoms with Gasteiger partial charge in [0.05, 0.1) is 30.7 Å². The molecule has 12 N–H and O–H groups in total. The molecule has 0 radical (unpaired) electrons. The number of carboxylic acid groups (broad SMARTS) is 1. The molecule has 0 spiro atoms. The van der Waals surface area contributed by atoms with Gasteiger partial charge in [-0.1, -0.05) is 13.8 Å². The van der Waals surface area contributed by atoms with Gasteiger partial charge in [0.25, 0.3) is 0 Å². The molecule has 4 amide bonds. The van der Waals surface area contributed by atoms with Crippen molar-refractivity contribution in [3.63, 3.8) is 0 Å². The second-order valence-electron chi connectivity index (χ2n) is 8.98. The molecule has 0 fully saturated rings. The Morgan fingerprint density at radius 1 is 1.21 bits per heavy atom. The van der Waals surface area contributed by atoms with Crippen LogP contribution in [0.4, 0.5) is 4.79 Å². The van der Waals surface area contributed by atoms with E-state index >= 15 is 0 Å². The Morgan fingerprint density at radius 3 is 2.32 bits per heavy atom. The predicted octanol–water partition coefficient (Wildman–Crippen LogP) is -4.68. The Hall–Kier alpha value is -2.97. The summed E-state index contributed by atoms with van der Waals surface area (Å²) >= 11 is 0. The number of aliphatic imine (C=N–C) groups is 1. The smallest absolute Gasteiger partial charge is 0.321 e. The van der Waals surface area contributed by atoms with Crippen LogP contribution in [0.25, 0.3) is 0 Å². The fourth-order valence-electron chi connectivity index (χ4n) is 3.52. The third kappa shape index (κ3) is 8.76. The molecule has 34 heavy (non-hydrogen) atoms. The second-order valence-corrected chi connectivity index (χ2v) is 8.98. The molecule has 0 aromatic rings. The monoisotopic (exact) mass is 486 g/mol. The van der Waals surface area contributed by atoms with Gasteiger partial charge >= 0.3 is 6.03 Å². The molecule has 1 aliphatic rings. The molecule has 0 bridgehead atoms. The number of nitrogens with zero attached hydrogens (tertiary/aromatic N) is 2. The Bertz CT molecular complexity index is 776. The van der Waals surface area contributed by atoms with Crippen molar-refractivity contribution in [2.45, 2.75) is 82.8 Å². The molecule has 1 aliphatic heterocycles. The molecule has 0 aromatic carbocycles. The van der Waals surface area contributed by atoms with Crippen molar-refractivity contribution < 1.29 is 35.1 Å².